The zero-order valence-electron chi connectivity index (χ0n) is 18.5. The van der Waals surface area contributed by atoms with Crippen LogP contribution in [0.25, 0.3) is 0 Å². The number of allylic oxidation sites excluding steroid dienone is 3. The van der Waals surface area contributed by atoms with Crippen LogP contribution in [0.1, 0.15) is 52.4 Å². The molecule has 0 amide bonds. The lowest BCUT2D eigenvalue weighted by Gasteiger charge is -2.62. The van der Waals surface area contributed by atoms with Gasteiger partial charge in [-0.1, -0.05) is 38.2 Å². The Morgan fingerprint density at radius 1 is 1.26 bits per heavy atom. The molecule has 170 valence electrons. The number of halogens is 1. The summed E-state index contributed by atoms with van der Waals surface area (Å²) in [7, 11) is 0. The predicted octanol–water partition coefficient (Wildman–Crippen LogP) is 5.62. The fraction of sp³-hybridized carbons (Fsp3) is 0.577. The first-order valence-corrected chi connectivity index (χ1v) is 11.4. The maximum Gasteiger partial charge on any atom is 0.303 e. The van der Waals surface area contributed by atoms with Gasteiger partial charge in [-0.2, -0.15) is 0 Å². The Balaban J connectivity index is 1.52. The molecule has 5 heteroatoms. The Bertz CT molecular complexity index is 783. The van der Waals surface area contributed by atoms with E-state index >= 15 is 0 Å². The zero-order chi connectivity index (χ0) is 22.4. The highest BCUT2D eigenvalue weighted by Gasteiger charge is 2.56. The summed E-state index contributed by atoms with van der Waals surface area (Å²) in [5.41, 5.74) is 0.371. The second-order valence-electron chi connectivity index (χ2n) is 9.63. The van der Waals surface area contributed by atoms with Crippen molar-refractivity contribution in [1.82, 2.24) is 0 Å². The van der Waals surface area contributed by atoms with Crippen LogP contribution in [0, 0.1) is 34.9 Å². The van der Waals surface area contributed by atoms with Crippen molar-refractivity contribution >= 4 is 5.97 Å². The van der Waals surface area contributed by atoms with Crippen LogP contribution >= 0.6 is 0 Å². The zero-order valence-corrected chi connectivity index (χ0v) is 18.5. The van der Waals surface area contributed by atoms with Crippen LogP contribution in [0.2, 0.25) is 0 Å². The third-order valence-corrected chi connectivity index (χ3v) is 7.32. The van der Waals surface area contributed by atoms with E-state index < -0.39 is 12.1 Å². The number of rotatable bonds is 11. The number of hydrogen-bond donors (Lipinski definition) is 2. The Labute approximate surface area is 184 Å². The molecule has 0 saturated heterocycles. The number of carboxylic acids is 1. The number of aliphatic hydroxyl groups excluding tert-OH is 1. The SMILES string of the molecule is CC1(C)[C@H]2C[C@H](/C=C/[C@@H](O)COc3ccc(F)cc3)[C@@H](C/C=C\CCCC(=O)O)[C@@H]1C2. The molecule has 3 aliphatic rings. The van der Waals surface area contributed by atoms with Gasteiger partial charge in [-0.3, -0.25) is 4.79 Å². The van der Waals surface area contributed by atoms with Crippen LogP contribution in [0.5, 0.6) is 5.75 Å². The van der Waals surface area contributed by atoms with Crippen LogP contribution in [-0.2, 0) is 4.79 Å². The van der Waals surface area contributed by atoms with Gasteiger partial charge in [-0.15, -0.1) is 0 Å². The minimum atomic E-state index is -0.741. The van der Waals surface area contributed by atoms with Crippen molar-refractivity contribution in [3.05, 3.63) is 54.4 Å². The van der Waals surface area contributed by atoms with Crippen molar-refractivity contribution < 1.29 is 24.1 Å². The predicted molar refractivity (Wildman–Crippen MR) is 119 cm³/mol. The topological polar surface area (TPSA) is 66.8 Å². The maximum atomic E-state index is 13.0. The van der Waals surface area contributed by atoms with Gasteiger partial charge in [0.15, 0.2) is 0 Å². The molecule has 3 fully saturated rings. The van der Waals surface area contributed by atoms with E-state index in [4.69, 9.17) is 9.84 Å². The number of carbonyl (C=O) groups is 1. The molecule has 1 aromatic rings. The lowest BCUT2D eigenvalue weighted by Crippen LogP contribution is -2.55. The van der Waals surface area contributed by atoms with Crippen molar-refractivity contribution in [3.8, 4) is 5.75 Å². The summed E-state index contributed by atoms with van der Waals surface area (Å²) < 4.78 is 18.5. The van der Waals surface area contributed by atoms with Crippen LogP contribution in [-0.4, -0.2) is 28.9 Å². The Morgan fingerprint density at radius 3 is 2.68 bits per heavy atom. The van der Waals surface area contributed by atoms with E-state index in [1.54, 1.807) is 12.1 Å². The molecule has 2 bridgehead atoms. The number of hydrogen-bond acceptors (Lipinski definition) is 3. The summed E-state index contributed by atoms with van der Waals surface area (Å²) in [4.78, 5) is 10.6. The maximum absolute atomic E-state index is 13.0. The first-order chi connectivity index (χ1) is 14.8. The van der Waals surface area contributed by atoms with Gasteiger partial charge < -0.3 is 14.9 Å². The molecule has 4 nitrogen and oxygen atoms in total. The smallest absolute Gasteiger partial charge is 0.303 e. The highest BCUT2D eigenvalue weighted by atomic mass is 19.1. The van der Waals surface area contributed by atoms with Gasteiger partial charge in [0.25, 0.3) is 0 Å². The Kier molecular flexibility index (Phi) is 7.93. The largest absolute Gasteiger partial charge is 0.491 e. The number of unbranched alkanes of at least 4 members (excludes halogenated alkanes) is 1. The van der Waals surface area contributed by atoms with Crippen LogP contribution in [0.15, 0.2) is 48.6 Å². The molecule has 0 aliphatic heterocycles. The summed E-state index contributed by atoms with van der Waals surface area (Å²) in [5, 5.41) is 19.1. The standard InChI is InChI=1S/C26H35FO4/c1-26(2)19-15-18(9-12-21(28)17-31-22-13-10-20(27)11-14-22)23(24(26)16-19)7-5-3-4-6-8-25(29)30/h3,5,9-14,18-19,21,23-24,28H,4,6-8,15-17H2,1-2H3,(H,29,30)/b5-3-,12-9+/t18-,19-,21+,23+,24-/m0/s1. The van der Waals surface area contributed by atoms with Crippen molar-refractivity contribution in [2.75, 3.05) is 6.61 Å². The highest BCUT2D eigenvalue weighted by Crippen LogP contribution is 2.64. The molecule has 2 N–H and O–H groups in total. The summed E-state index contributed by atoms with van der Waals surface area (Å²) in [6, 6.07) is 5.80. The number of ether oxygens (including phenoxy) is 1. The fourth-order valence-corrected chi connectivity index (χ4v) is 5.33. The molecule has 0 spiro atoms. The molecule has 4 rings (SSSR count). The highest BCUT2D eigenvalue weighted by molar-refractivity contribution is 5.66. The van der Waals surface area contributed by atoms with Crippen molar-refractivity contribution in [3.63, 3.8) is 0 Å². The molecular weight excluding hydrogens is 395 g/mol. The van der Waals surface area contributed by atoms with Crippen LogP contribution in [0.3, 0.4) is 0 Å². The van der Waals surface area contributed by atoms with Gasteiger partial charge >= 0.3 is 5.97 Å². The van der Waals surface area contributed by atoms with E-state index in [0.717, 1.165) is 25.2 Å². The average Bonchev–Trinajstić information content (AvgIpc) is 2.74. The average molecular weight is 431 g/mol. The summed E-state index contributed by atoms with van der Waals surface area (Å²) in [5.74, 6) is 1.87. The number of aliphatic carboxylic acids is 1. The van der Waals surface area contributed by atoms with Crippen molar-refractivity contribution in [1.29, 1.82) is 0 Å². The molecular formula is C26H35FO4. The van der Waals surface area contributed by atoms with Gasteiger partial charge in [0.2, 0.25) is 0 Å². The van der Waals surface area contributed by atoms with Gasteiger partial charge in [0.1, 0.15) is 24.3 Å². The molecule has 0 heterocycles. The summed E-state index contributed by atoms with van der Waals surface area (Å²) >= 11 is 0. The third-order valence-electron chi connectivity index (χ3n) is 7.32. The molecule has 3 saturated carbocycles. The fourth-order valence-electron chi connectivity index (χ4n) is 5.33. The summed E-state index contributed by atoms with van der Waals surface area (Å²) in [6.45, 7) is 4.89. The van der Waals surface area contributed by atoms with Gasteiger partial charge in [-0.05, 0) is 85.5 Å². The number of benzene rings is 1. The van der Waals surface area contributed by atoms with E-state index in [0.29, 0.717) is 35.3 Å². The Morgan fingerprint density at radius 2 is 2.00 bits per heavy atom. The molecule has 3 aliphatic carbocycles. The van der Waals surface area contributed by atoms with E-state index in [1.807, 2.05) is 6.08 Å². The molecule has 0 aromatic heterocycles. The van der Waals surface area contributed by atoms with E-state index in [9.17, 15) is 14.3 Å². The number of aliphatic hydroxyl groups is 1. The molecule has 1 aromatic carbocycles. The minimum absolute atomic E-state index is 0.140. The van der Waals surface area contributed by atoms with Crippen LogP contribution < -0.4 is 4.74 Å². The molecule has 31 heavy (non-hydrogen) atoms. The van der Waals surface area contributed by atoms with Crippen LogP contribution in [0.4, 0.5) is 4.39 Å². The second kappa shape index (κ2) is 10.4. The van der Waals surface area contributed by atoms with Gasteiger partial charge in [0, 0.05) is 6.42 Å². The lowest BCUT2D eigenvalue weighted by atomic mass is 9.43. The van der Waals surface area contributed by atoms with E-state index in [1.165, 1.54) is 18.6 Å². The monoisotopic (exact) mass is 430 g/mol. The first kappa shape index (κ1) is 23.5. The quantitative estimate of drug-likeness (QED) is 0.353. The van der Waals surface area contributed by atoms with Gasteiger partial charge in [0.05, 0.1) is 0 Å². The lowest BCUT2D eigenvalue weighted by molar-refractivity contribution is -0.137. The van der Waals surface area contributed by atoms with Crippen molar-refractivity contribution in [2.24, 2.45) is 29.1 Å². The first-order valence-electron chi connectivity index (χ1n) is 11.4. The second-order valence-corrected chi connectivity index (χ2v) is 9.63. The number of carboxylic acid groups (broad SMARTS) is 1. The summed E-state index contributed by atoms with van der Waals surface area (Å²) in [6.07, 6.45) is 12.7. The minimum Gasteiger partial charge on any atom is -0.491 e. The van der Waals surface area contributed by atoms with Crippen molar-refractivity contribution in [2.45, 2.75) is 58.5 Å². The normalized spacial score (nSPS) is 27.9. The van der Waals surface area contributed by atoms with Gasteiger partial charge in [-0.25, -0.2) is 4.39 Å². The molecule has 5 atom stereocenters. The molecule has 0 unspecified atom stereocenters. The molecule has 0 radical (unpaired) electrons. The van der Waals surface area contributed by atoms with E-state index in [-0.39, 0.29) is 18.8 Å². The van der Waals surface area contributed by atoms with E-state index in [2.05, 4.69) is 32.1 Å². The number of fused-ring (bicyclic) bond motifs is 2. The Hall–Kier alpha value is -2.14. The third kappa shape index (κ3) is 6.19.